The second kappa shape index (κ2) is 7.50. The molecule has 1 N–H and O–H groups in total. The van der Waals surface area contributed by atoms with Crippen molar-refractivity contribution in [2.75, 3.05) is 19.4 Å². The molecule has 0 saturated heterocycles. The molecule has 0 radical (unpaired) electrons. The topological polar surface area (TPSA) is 92.8 Å². The summed E-state index contributed by atoms with van der Waals surface area (Å²) in [6, 6.07) is 9.49. The Morgan fingerprint density at radius 2 is 2.07 bits per heavy atom. The van der Waals surface area contributed by atoms with E-state index in [4.69, 9.17) is 0 Å². The van der Waals surface area contributed by atoms with E-state index < -0.39 is 16.2 Å². The van der Waals surface area contributed by atoms with E-state index in [1.807, 2.05) is 19.0 Å². The van der Waals surface area contributed by atoms with Gasteiger partial charge in [0.05, 0.1) is 4.92 Å². The van der Waals surface area contributed by atoms with Gasteiger partial charge in [0.25, 0.3) is 0 Å². The summed E-state index contributed by atoms with van der Waals surface area (Å²) >= 11 is 0. The summed E-state index contributed by atoms with van der Waals surface area (Å²) in [4.78, 5) is 29.1. The molecule has 0 amide bonds. The van der Waals surface area contributed by atoms with Crippen LogP contribution in [0.5, 0.6) is 0 Å². The third-order valence-electron chi connectivity index (χ3n) is 3.95. The molecule has 1 aromatic carbocycles. The zero-order valence-corrected chi connectivity index (χ0v) is 14.8. The number of aromatic nitrogens is 2. The fourth-order valence-electron chi connectivity index (χ4n) is 2.75. The highest BCUT2D eigenvalue weighted by molar-refractivity contribution is 5.60. The quantitative estimate of drug-likeness (QED) is 0.528. The third-order valence-corrected chi connectivity index (χ3v) is 3.95. The fourth-order valence-corrected chi connectivity index (χ4v) is 2.75. The van der Waals surface area contributed by atoms with Crippen molar-refractivity contribution in [2.45, 2.75) is 13.1 Å². The zero-order valence-electron chi connectivity index (χ0n) is 14.8. The molecule has 3 aromatic rings. The maximum absolute atomic E-state index is 13.9. The van der Waals surface area contributed by atoms with Crippen molar-refractivity contribution < 1.29 is 9.31 Å². The number of nitrogens with zero attached hydrogens (tertiary/aromatic N) is 4. The van der Waals surface area contributed by atoms with Gasteiger partial charge in [-0.05, 0) is 43.9 Å². The van der Waals surface area contributed by atoms with Crippen LogP contribution in [0.3, 0.4) is 0 Å². The van der Waals surface area contributed by atoms with Gasteiger partial charge in [-0.3, -0.25) is 19.3 Å². The molecule has 2 heterocycles. The predicted octanol–water partition coefficient (Wildman–Crippen LogP) is 2.42. The number of nitrogens with one attached hydrogen (secondary N) is 1. The smallest absolute Gasteiger partial charge is 0.360 e. The largest absolute Gasteiger partial charge is 0.376 e. The van der Waals surface area contributed by atoms with Gasteiger partial charge in [0, 0.05) is 24.8 Å². The molecule has 0 aliphatic heterocycles. The van der Waals surface area contributed by atoms with Crippen molar-refractivity contribution in [2.24, 2.45) is 0 Å². The standard InChI is InChI=1S/C18H18FN5O3/c1-22(2)11-13-9-12(6-7-14(13)19)10-20-17-16(24(26)27)18(25)23-8-4-3-5-15(23)21-17/h3-9,20H,10-11H2,1-2H3. The summed E-state index contributed by atoms with van der Waals surface area (Å²) in [5.74, 6) is -0.435. The van der Waals surface area contributed by atoms with Crippen LogP contribution in [0.2, 0.25) is 0 Å². The Hall–Kier alpha value is -3.33. The van der Waals surface area contributed by atoms with Gasteiger partial charge in [-0.1, -0.05) is 12.1 Å². The molecule has 3 rings (SSSR count). The Labute approximate surface area is 154 Å². The number of nitro groups is 1. The van der Waals surface area contributed by atoms with Crippen LogP contribution in [0.15, 0.2) is 47.4 Å². The molecular weight excluding hydrogens is 353 g/mol. The minimum atomic E-state index is -0.763. The van der Waals surface area contributed by atoms with Gasteiger partial charge < -0.3 is 10.2 Å². The lowest BCUT2D eigenvalue weighted by Gasteiger charge is -2.13. The van der Waals surface area contributed by atoms with Crippen molar-refractivity contribution in [3.63, 3.8) is 0 Å². The number of halogens is 1. The zero-order chi connectivity index (χ0) is 19.6. The maximum Gasteiger partial charge on any atom is 0.376 e. The molecule has 0 unspecified atom stereocenters. The highest BCUT2D eigenvalue weighted by Crippen LogP contribution is 2.20. The normalized spacial score (nSPS) is 11.1. The van der Waals surface area contributed by atoms with Gasteiger partial charge in [-0.25, -0.2) is 9.37 Å². The van der Waals surface area contributed by atoms with Gasteiger partial charge in [0.15, 0.2) is 0 Å². The summed E-state index contributed by atoms with van der Waals surface area (Å²) in [6.07, 6.45) is 1.43. The predicted molar refractivity (Wildman–Crippen MR) is 99.2 cm³/mol. The molecule has 8 nitrogen and oxygen atoms in total. The minimum Gasteiger partial charge on any atom is -0.360 e. The lowest BCUT2D eigenvalue weighted by atomic mass is 10.1. The van der Waals surface area contributed by atoms with Crippen LogP contribution in [0.25, 0.3) is 5.65 Å². The van der Waals surface area contributed by atoms with E-state index in [0.29, 0.717) is 17.8 Å². The number of benzene rings is 1. The van der Waals surface area contributed by atoms with E-state index >= 15 is 0 Å². The molecule has 0 fully saturated rings. The first-order chi connectivity index (χ1) is 12.9. The Morgan fingerprint density at radius 1 is 1.30 bits per heavy atom. The average Bonchev–Trinajstić information content (AvgIpc) is 2.61. The molecule has 9 heteroatoms. The summed E-state index contributed by atoms with van der Waals surface area (Å²) in [5.41, 5.74) is 0.135. The fraction of sp³-hybridized carbons (Fsp3) is 0.222. The minimum absolute atomic E-state index is 0.116. The van der Waals surface area contributed by atoms with Crippen LogP contribution >= 0.6 is 0 Å². The molecule has 27 heavy (non-hydrogen) atoms. The molecule has 0 atom stereocenters. The van der Waals surface area contributed by atoms with Gasteiger partial charge in [-0.2, -0.15) is 0 Å². The summed E-state index contributed by atoms with van der Waals surface area (Å²) < 4.78 is 15.0. The summed E-state index contributed by atoms with van der Waals surface area (Å²) in [7, 11) is 3.67. The summed E-state index contributed by atoms with van der Waals surface area (Å²) in [6.45, 7) is 0.590. The molecule has 140 valence electrons. The van der Waals surface area contributed by atoms with Gasteiger partial charge in [0.1, 0.15) is 11.5 Å². The van der Waals surface area contributed by atoms with Crippen LogP contribution in [0.4, 0.5) is 15.9 Å². The second-order valence-electron chi connectivity index (χ2n) is 6.32. The van der Waals surface area contributed by atoms with Crippen LogP contribution < -0.4 is 10.9 Å². The van der Waals surface area contributed by atoms with E-state index in [1.54, 1.807) is 30.3 Å². The maximum atomic E-state index is 13.9. The Bertz CT molecular complexity index is 1060. The average molecular weight is 371 g/mol. The van der Waals surface area contributed by atoms with Crippen LogP contribution in [-0.4, -0.2) is 33.3 Å². The van der Waals surface area contributed by atoms with E-state index in [-0.39, 0.29) is 18.2 Å². The molecular formula is C18H18FN5O3. The van der Waals surface area contributed by atoms with Crippen molar-refractivity contribution in [3.05, 3.63) is 80.0 Å². The molecule has 0 bridgehead atoms. The molecule has 0 aliphatic rings. The highest BCUT2D eigenvalue weighted by atomic mass is 19.1. The van der Waals surface area contributed by atoms with Crippen LogP contribution in [0, 0.1) is 15.9 Å². The van der Waals surface area contributed by atoms with E-state index in [0.717, 1.165) is 9.96 Å². The number of anilines is 1. The number of hydrogen-bond acceptors (Lipinski definition) is 6. The van der Waals surface area contributed by atoms with Crippen molar-refractivity contribution in [3.8, 4) is 0 Å². The monoisotopic (exact) mass is 371 g/mol. The van der Waals surface area contributed by atoms with Gasteiger partial charge in [-0.15, -0.1) is 0 Å². The number of rotatable bonds is 6. The van der Waals surface area contributed by atoms with E-state index in [2.05, 4.69) is 10.3 Å². The van der Waals surface area contributed by atoms with E-state index in [9.17, 15) is 19.3 Å². The SMILES string of the molecule is CN(C)Cc1cc(CNc2nc3ccccn3c(=O)c2[N+](=O)[O-])ccc1F. The van der Waals surface area contributed by atoms with Crippen LogP contribution in [-0.2, 0) is 13.1 Å². The van der Waals surface area contributed by atoms with Crippen LogP contribution in [0.1, 0.15) is 11.1 Å². The summed E-state index contributed by atoms with van der Waals surface area (Å²) in [5, 5.41) is 14.2. The second-order valence-corrected chi connectivity index (χ2v) is 6.32. The molecule has 0 aliphatic carbocycles. The lowest BCUT2D eigenvalue weighted by Crippen LogP contribution is -2.21. The molecule has 0 saturated carbocycles. The van der Waals surface area contributed by atoms with Crippen molar-refractivity contribution in [1.82, 2.24) is 14.3 Å². The highest BCUT2D eigenvalue weighted by Gasteiger charge is 2.23. The van der Waals surface area contributed by atoms with Crippen molar-refractivity contribution >= 4 is 17.2 Å². The van der Waals surface area contributed by atoms with E-state index in [1.165, 1.54) is 12.3 Å². The van der Waals surface area contributed by atoms with Gasteiger partial charge in [0.2, 0.25) is 5.82 Å². The number of fused-ring (bicyclic) bond motifs is 1. The number of pyridine rings is 1. The Morgan fingerprint density at radius 3 is 2.78 bits per heavy atom. The molecule has 0 spiro atoms. The Kier molecular flexibility index (Phi) is 5.13. The lowest BCUT2D eigenvalue weighted by molar-refractivity contribution is -0.385. The number of hydrogen-bond donors (Lipinski definition) is 1. The first-order valence-electron chi connectivity index (χ1n) is 8.18. The van der Waals surface area contributed by atoms with Gasteiger partial charge >= 0.3 is 11.2 Å². The van der Waals surface area contributed by atoms with Crippen molar-refractivity contribution in [1.29, 1.82) is 0 Å². The Balaban J connectivity index is 1.94. The third kappa shape index (κ3) is 3.93. The first kappa shape index (κ1) is 18.5. The molecule has 2 aromatic heterocycles. The first-order valence-corrected chi connectivity index (χ1v) is 8.18.